The zero-order valence-corrected chi connectivity index (χ0v) is 10.7. The summed E-state index contributed by atoms with van der Waals surface area (Å²) in [7, 11) is 1.36. The highest BCUT2D eigenvalue weighted by molar-refractivity contribution is 9.11. The van der Waals surface area contributed by atoms with Crippen LogP contribution in [0.25, 0.3) is 0 Å². The van der Waals surface area contributed by atoms with Gasteiger partial charge in [-0.25, -0.2) is 0 Å². The van der Waals surface area contributed by atoms with Crippen LogP contribution in [0.1, 0.15) is 16.8 Å². The molecule has 7 heteroatoms. The molecule has 16 heavy (non-hydrogen) atoms. The van der Waals surface area contributed by atoms with Crippen LogP contribution in [0.5, 0.6) is 0 Å². The smallest absolute Gasteiger partial charge is 0.341 e. The maximum Gasteiger partial charge on any atom is 0.390 e. The van der Waals surface area contributed by atoms with Gasteiger partial charge < -0.3 is 4.90 Å². The third kappa shape index (κ3) is 4.13. The molecule has 0 aliphatic heterocycles. The van der Waals surface area contributed by atoms with Gasteiger partial charge in [0.05, 0.1) is 15.8 Å². The molecular weight excluding hydrogens is 307 g/mol. The molecule has 0 aromatic carbocycles. The summed E-state index contributed by atoms with van der Waals surface area (Å²) < 4.78 is 36.6. The molecule has 0 spiro atoms. The lowest BCUT2D eigenvalue weighted by atomic mass is 10.3. The standard InChI is InChI=1S/C9H9BrF3NOS/c1-14(3-2-9(11,12)13)8(15)6-4-7(10)16-5-6/h4-5H,2-3H2,1H3. The van der Waals surface area contributed by atoms with E-state index < -0.39 is 18.5 Å². The third-order valence-electron chi connectivity index (χ3n) is 1.89. The molecule has 0 saturated heterocycles. The molecule has 2 nitrogen and oxygen atoms in total. The molecule has 0 aliphatic carbocycles. The van der Waals surface area contributed by atoms with E-state index >= 15 is 0 Å². The summed E-state index contributed by atoms with van der Waals surface area (Å²) in [6.07, 6.45) is -5.22. The minimum atomic E-state index is -4.23. The van der Waals surface area contributed by atoms with Gasteiger partial charge in [-0.05, 0) is 22.0 Å². The van der Waals surface area contributed by atoms with E-state index in [9.17, 15) is 18.0 Å². The summed E-state index contributed by atoms with van der Waals surface area (Å²) >= 11 is 4.51. The number of nitrogens with zero attached hydrogens (tertiary/aromatic N) is 1. The van der Waals surface area contributed by atoms with Crippen LogP contribution in [0.2, 0.25) is 0 Å². The van der Waals surface area contributed by atoms with Gasteiger partial charge >= 0.3 is 6.18 Å². The third-order valence-corrected chi connectivity index (χ3v) is 3.40. The number of carbonyl (C=O) groups is 1. The largest absolute Gasteiger partial charge is 0.390 e. The molecule has 0 atom stereocenters. The number of hydrogen-bond donors (Lipinski definition) is 0. The van der Waals surface area contributed by atoms with Crippen molar-refractivity contribution in [2.45, 2.75) is 12.6 Å². The van der Waals surface area contributed by atoms with Gasteiger partial charge in [-0.2, -0.15) is 13.2 Å². The molecular formula is C9H9BrF3NOS. The summed E-state index contributed by atoms with van der Waals surface area (Å²) in [6, 6.07) is 1.59. The summed E-state index contributed by atoms with van der Waals surface area (Å²) in [4.78, 5) is 12.7. The Kier molecular flexibility index (Phi) is 4.37. The fourth-order valence-electron chi connectivity index (χ4n) is 1.04. The highest BCUT2D eigenvalue weighted by Crippen LogP contribution is 2.23. The van der Waals surface area contributed by atoms with Crippen molar-refractivity contribution >= 4 is 33.2 Å². The Labute approximate surface area is 103 Å². The molecule has 0 N–H and O–H groups in total. The second-order valence-electron chi connectivity index (χ2n) is 3.23. The average Bonchev–Trinajstić information content (AvgIpc) is 2.59. The molecule has 0 unspecified atom stereocenters. The van der Waals surface area contributed by atoms with Crippen LogP contribution in [0.15, 0.2) is 15.2 Å². The van der Waals surface area contributed by atoms with Gasteiger partial charge in [0.2, 0.25) is 0 Å². The minimum absolute atomic E-state index is 0.324. The minimum Gasteiger partial charge on any atom is -0.341 e. The maximum absolute atomic E-state index is 11.9. The fourth-order valence-corrected chi connectivity index (χ4v) is 2.17. The Morgan fingerprint density at radius 1 is 1.56 bits per heavy atom. The zero-order chi connectivity index (χ0) is 12.3. The van der Waals surface area contributed by atoms with E-state index in [2.05, 4.69) is 15.9 Å². The van der Waals surface area contributed by atoms with Gasteiger partial charge in [0, 0.05) is 19.0 Å². The Hall–Kier alpha value is -0.560. The normalized spacial score (nSPS) is 11.6. The average molecular weight is 316 g/mol. The van der Waals surface area contributed by atoms with E-state index in [0.717, 1.165) is 8.69 Å². The molecule has 0 bridgehead atoms. The van der Waals surface area contributed by atoms with Crippen LogP contribution in [-0.2, 0) is 0 Å². The van der Waals surface area contributed by atoms with E-state index in [-0.39, 0.29) is 6.54 Å². The molecule has 0 radical (unpaired) electrons. The Balaban J connectivity index is 2.55. The van der Waals surface area contributed by atoms with Crippen LogP contribution < -0.4 is 0 Å². The van der Waals surface area contributed by atoms with Gasteiger partial charge in [0.25, 0.3) is 5.91 Å². The van der Waals surface area contributed by atoms with Crippen LogP contribution in [0.4, 0.5) is 13.2 Å². The quantitative estimate of drug-likeness (QED) is 0.835. The van der Waals surface area contributed by atoms with Crippen molar-refractivity contribution in [3.8, 4) is 0 Å². The van der Waals surface area contributed by atoms with E-state index in [1.54, 1.807) is 11.4 Å². The Morgan fingerprint density at radius 3 is 2.62 bits per heavy atom. The predicted molar refractivity (Wildman–Crippen MR) is 59.7 cm³/mol. The molecule has 1 aromatic heterocycles. The maximum atomic E-state index is 11.9. The Morgan fingerprint density at radius 2 is 2.19 bits per heavy atom. The molecule has 1 heterocycles. The molecule has 90 valence electrons. The summed E-state index contributed by atoms with van der Waals surface area (Å²) in [5.41, 5.74) is 0.404. The van der Waals surface area contributed by atoms with Gasteiger partial charge in [0.15, 0.2) is 0 Å². The number of amides is 1. The lowest BCUT2D eigenvalue weighted by molar-refractivity contribution is -0.136. The van der Waals surface area contributed by atoms with Gasteiger partial charge in [-0.3, -0.25) is 4.79 Å². The second-order valence-corrected chi connectivity index (χ2v) is 5.52. The topological polar surface area (TPSA) is 20.3 Å². The van der Waals surface area contributed by atoms with Gasteiger partial charge in [0.1, 0.15) is 0 Å². The second kappa shape index (κ2) is 5.18. The molecule has 1 amide bonds. The summed E-state index contributed by atoms with van der Waals surface area (Å²) in [5, 5.41) is 1.61. The molecule has 0 aliphatic rings. The number of carbonyl (C=O) groups excluding carboxylic acids is 1. The highest BCUT2D eigenvalue weighted by atomic mass is 79.9. The van der Waals surface area contributed by atoms with Crippen LogP contribution >= 0.6 is 27.3 Å². The highest BCUT2D eigenvalue weighted by Gasteiger charge is 2.28. The van der Waals surface area contributed by atoms with E-state index in [1.165, 1.54) is 18.4 Å². The van der Waals surface area contributed by atoms with Gasteiger partial charge in [-0.1, -0.05) is 0 Å². The number of alkyl halides is 3. The SMILES string of the molecule is CN(CCC(F)(F)F)C(=O)c1csc(Br)c1. The van der Waals surface area contributed by atoms with E-state index in [1.807, 2.05) is 0 Å². The van der Waals surface area contributed by atoms with E-state index in [0.29, 0.717) is 5.56 Å². The zero-order valence-electron chi connectivity index (χ0n) is 8.34. The number of rotatable bonds is 3. The van der Waals surface area contributed by atoms with Crippen LogP contribution in [-0.4, -0.2) is 30.6 Å². The van der Waals surface area contributed by atoms with Crippen molar-refractivity contribution < 1.29 is 18.0 Å². The predicted octanol–water partition coefficient (Wildman–Crippen LogP) is 3.54. The lowest BCUT2D eigenvalue weighted by Gasteiger charge is -2.17. The van der Waals surface area contributed by atoms with Crippen molar-refractivity contribution in [1.29, 1.82) is 0 Å². The first-order valence-corrected chi connectivity index (χ1v) is 6.03. The number of thiophene rings is 1. The number of hydrogen-bond acceptors (Lipinski definition) is 2. The monoisotopic (exact) mass is 315 g/mol. The van der Waals surface area contributed by atoms with Crippen LogP contribution in [0.3, 0.4) is 0 Å². The lowest BCUT2D eigenvalue weighted by Crippen LogP contribution is -2.30. The van der Waals surface area contributed by atoms with Crippen LogP contribution in [0, 0.1) is 0 Å². The fraction of sp³-hybridized carbons (Fsp3) is 0.444. The number of halogens is 4. The molecule has 0 saturated carbocycles. The van der Waals surface area contributed by atoms with Crippen molar-refractivity contribution in [3.63, 3.8) is 0 Å². The first-order chi connectivity index (χ1) is 7.29. The summed E-state index contributed by atoms with van der Waals surface area (Å²) in [6.45, 7) is -0.324. The first-order valence-electron chi connectivity index (χ1n) is 4.36. The van der Waals surface area contributed by atoms with Crippen molar-refractivity contribution in [2.24, 2.45) is 0 Å². The first kappa shape index (κ1) is 13.5. The molecule has 1 aromatic rings. The molecule has 1 rings (SSSR count). The van der Waals surface area contributed by atoms with Crippen molar-refractivity contribution in [3.05, 3.63) is 20.8 Å². The summed E-state index contributed by atoms with van der Waals surface area (Å²) in [5.74, 6) is -0.397. The van der Waals surface area contributed by atoms with E-state index in [4.69, 9.17) is 0 Å². The Bertz CT molecular complexity index is 377. The molecule has 0 fully saturated rings. The van der Waals surface area contributed by atoms with Crippen molar-refractivity contribution in [2.75, 3.05) is 13.6 Å². The van der Waals surface area contributed by atoms with Crippen molar-refractivity contribution in [1.82, 2.24) is 4.90 Å². The van der Waals surface area contributed by atoms with Gasteiger partial charge in [-0.15, -0.1) is 11.3 Å².